The average Bonchev–Trinajstić information content (AvgIpc) is 2.88. The van der Waals surface area contributed by atoms with Crippen LogP contribution in [0, 0.1) is 0 Å². The molecule has 0 fully saturated rings. The van der Waals surface area contributed by atoms with Crippen LogP contribution < -0.4 is 0 Å². The fourth-order valence-electron chi connectivity index (χ4n) is 2.47. The van der Waals surface area contributed by atoms with E-state index < -0.39 is 31.3 Å². The number of halogens is 6. The van der Waals surface area contributed by atoms with Crippen molar-refractivity contribution in [1.82, 2.24) is 19.9 Å². The smallest absolute Gasteiger partial charge is 0.279 e. The summed E-state index contributed by atoms with van der Waals surface area (Å²) in [5, 5.41) is 0. The molecule has 4 aromatic rings. The van der Waals surface area contributed by atoms with Crippen molar-refractivity contribution in [2.45, 2.75) is 11.0 Å². The zero-order valence-electron chi connectivity index (χ0n) is 19.8. The van der Waals surface area contributed by atoms with Crippen LogP contribution in [-0.4, -0.2) is 56.9 Å². The molecule has 10 nitrogen and oxygen atoms in total. The molecule has 4 rings (SSSR count). The van der Waals surface area contributed by atoms with E-state index in [2.05, 4.69) is 9.97 Å². The number of nitrogens with zero attached hydrogens (tertiary/aromatic N) is 4. The topological polar surface area (TPSA) is 160 Å². The summed E-state index contributed by atoms with van der Waals surface area (Å²) >= 11 is 0. The van der Waals surface area contributed by atoms with Crippen LogP contribution in [0.5, 0.6) is 0 Å². The summed E-state index contributed by atoms with van der Waals surface area (Å²) in [7, 11) is -11.7. The van der Waals surface area contributed by atoms with E-state index in [-0.39, 0.29) is 21.1 Å². The van der Waals surface area contributed by atoms with Crippen molar-refractivity contribution in [2.75, 3.05) is 0 Å². The van der Waals surface area contributed by atoms with Gasteiger partial charge in [-0.15, -0.1) is 0 Å². The third-order valence-electron chi connectivity index (χ3n) is 4.20. The second-order valence-corrected chi connectivity index (χ2v) is 9.91. The summed E-state index contributed by atoms with van der Waals surface area (Å²) in [6.07, 6.45) is 3.53. The van der Waals surface area contributed by atoms with Gasteiger partial charge in [-0.05, 0) is 48.5 Å². The van der Waals surface area contributed by atoms with Crippen molar-refractivity contribution in [3.63, 3.8) is 0 Å². The standard InChI is InChI=1S/C20H14N4.2CHF3O3S.Pt/c1-3-13-21-15(7-1)17-9-5-11-19(23-17)20-12-6-10-18(24-20)16-8-2-4-14-22-16;2*2-1(3,4)8(5,6)7;/h1-14H;2*(H,5,6,7);. The molecule has 0 bridgehead atoms. The fraction of sp³-hybridized carbons (Fsp3) is 0.0909. The maximum absolute atomic E-state index is 10.7. The predicted molar refractivity (Wildman–Crippen MR) is 129 cm³/mol. The molecular formula is C22H16F6N4O6PtS2. The monoisotopic (exact) mass is 805 g/mol. The molecule has 4 aromatic heterocycles. The van der Waals surface area contributed by atoms with Gasteiger partial charge in [0.05, 0.1) is 34.2 Å². The molecule has 224 valence electrons. The van der Waals surface area contributed by atoms with Crippen LogP contribution in [0.25, 0.3) is 34.2 Å². The van der Waals surface area contributed by atoms with Crippen LogP contribution in [-0.2, 0) is 41.3 Å². The molecule has 0 saturated carbocycles. The molecule has 2 N–H and O–H groups in total. The normalized spacial score (nSPS) is 11.6. The zero-order chi connectivity index (χ0) is 30.2. The van der Waals surface area contributed by atoms with E-state index in [9.17, 15) is 26.3 Å². The van der Waals surface area contributed by atoms with Crippen molar-refractivity contribution >= 4 is 20.2 Å². The van der Waals surface area contributed by atoms with Gasteiger partial charge >= 0.3 is 31.3 Å². The van der Waals surface area contributed by atoms with E-state index in [1.165, 1.54) is 0 Å². The first-order valence-electron chi connectivity index (χ1n) is 10.2. The van der Waals surface area contributed by atoms with Crippen molar-refractivity contribution in [3.8, 4) is 34.2 Å². The van der Waals surface area contributed by atoms with E-state index in [1.54, 1.807) is 12.4 Å². The van der Waals surface area contributed by atoms with Crippen molar-refractivity contribution in [3.05, 3.63) is 85.2 Å². The van der Waals surface area contributed by atoms with Gasteiger partial charge in [0.1, 0.15) is 0 Å². The Bertz CT molecular complexity index is 1500. The number of pyridine rings is 4. The van der Waals surface area contributed by atoms with Crippen molar-refractivity contribution in [1.29, 1.82) is 0 Å². The van der Waals surface area contributed by atoms with Gasteiger partial charge in [-0.2, -0.15) is 43.2 Å². The summed E-state index contributed by atoms with van der Waals surface area (Å²) in [6, 6.07) is 23.4. The zero-order valence-corrected chi connectivity index (χ0v) is 23.7. The van der Waals surface area contributed by atoms with Crippen LogP contribution in [0.1, 0.15) is 0 Å². The minimum Gasteiger partial charge on any atom is -0.279 e. The summed E-state index contributed by atoms with van der Waals surface area (Å²) in [4.78, 5) is 18.1. The van der Waals surface area contributed by atoms with Gasteiger partial charge in [0, 0.05) is 33.5 Å². The van der Waals surface area contributed by atoms with Crippen LogP contribution in [0.15, 0.2) is 85.2 Å². The van der Waals surface area contributed by atoms with Gasteiger partial charge in [-0.3, -0.25) is 19.1 Å². The first-order valence-corrected chi connectivity index (χ1v) is 13.1. The Morgan fingerprint density at radius 1 is 0.488 bits per heavy atom. The Morgan fingerprint density at radius 2 is 0.732 bits per heavy atom. The Balaban J connectivity index is 0.000000413. The Hall–Kier alpha value is -3.31. The summed E-state index contributed by atoms with van der Waals surface area (Å²) in [5.74, 6) is 0. The molecule has 0 amide bonds. The van der Waals surface area contributed by atoms with E-state index in [0.717, 1.165) is 34.2 Å². The SMILES string of the molecule is O=S(=O)(O)C(F)(F)F.O=S(=O)(O)C(F)(F)F.[Pt].c1ccc(-c2cccc(-c3cccc(-c4ccccn4)n3)n2)nc1. The molecule has 41 heavy (non-hydrogen) atoms. The minimum atomic E-state index is -5.84. The van der Waals surface area contributed by atoms with E-state index >= 15 is 0 Å². The van der Waals surface area contributed by atoms with Gasteiger partial charge in [-0.1, -0.05) is 24.3 Å². The van der Waals surface area contributed by atoms with Gasteiger partial charge in [0.25, 0.3) is 0 Å². The Kier molecular flexibility index (Phi) is 12.7. The predicted octanol–water partition coefficient (Wildman–Crippen LogP) is 5.05. The first-order chi connectivity index (χ1) is 18.4. The molecule has 0 aliphatic carbocycles. The van der Waals surface area contributed by atoms with Crippen LogP contribution in [0.2, 0.25) is 0 Å². The molecular weight excluding hydrogens is 789 g/mol. The third kappa shape index (κ3) is 11.2. The minimum absolute atomic E-state index is 0. The maximum atomic E-state index is 10.7. The average molecular weight is 806 g/mol. The second kappa shape index (κ2) is 14.5. The number of rotatable bonds is 3. The summed E-state index contributed by atoms with van der Waals surface area (Å²) < 4.78 is 115. The molecule has 0 saturated heterocycles. The Morgan fingerprint density at radius 3 is 0.951 bits per heavy atom. The van der Waals surface area contributed by atoms with Crippen LogP contribution in [0.3, 0.4) is 0 Å². The molecule has 0 radical (unpaired) electrons. The van der Waals surface area contributed by atoms with Gasteiger partial charge < -0.3 is 0 Å². The number of hydrogen-bond donors (Lipinski definition) is 2. The number of hydrogen-bond acceptors (Lipinski definition) is 8. The Labute approximate surface area is 243 Å². The molecule has 0 aliphatic heterocycles. The molecule has 0 aliphatic rings. The molecule has 0 aromatic carbocycles. The maximum Gasteiger partial charge on any atom is 0.522 e. The number of aromatic nitrogens is 4. The second-order valence-electron chi connectivity index (χ2n) is 7.09. The molecule has 0 spiro atoms. The fourth-order valence-corrected chi connectivity index (χ4v) is 2.47. The largest absolute Gasteiger partial charge is 0.522 e. The number of alkyl halides is 6. The van der Waals surface area contributed by atoms with E-state index in [1.807, 2.05) is 72.8 Å². The summed E-state index contributed by atoms with van der Waals surface area (Å²) in [6.45, 7) is 0. The molecule has 0 atom stereocenters. The first kappa shape index (κ1) is 35.7. The van der Waals surface area contributed by atoms with E-state index in [0.29, 0.717) is 0 Å². The van der Waals surface area contributed by atoms with E-state index in [4.69, 9.17) is 35.9 Å². The third-order valence-corrected chi connectivity index (χ3v) is 5.37. The molecule has 4 heterocycles. The van der Waals surface area contributed by atoms with Gasteiger partial charge in [-0.25, -0.2) is 9.97 Å². The van der Waals surface area contributed by atoms with Crippen LogP contribution >= 0.6 is 0 Å². The quantitative estimate of drug-likeness (QED) is 0.163. The van der Waals surface area contributed by atoms with Gasteiger partial charge in [0.15, 0.2) is 0 Å². The van der Waals surface area contributed by atoms with Crippen LogP contribution in [0.4, 0.5) is 26.3 Å². The van der Waals surface area contributed by atoms with Crippen molar-refractivity contribution < 1.29 is 73.3 Å². The molecule has 19 heteroatoms. The van der Waals surface area contributed by atoms with Crippen molar-refractivity contribution in [2.24, 2.45) is 0 Å². The molecule has 0 unspecified atom stereocenters. The van der Waals surface area contributed by atoms with Gasteiger partial charge in [0.2, 0.25) is 0 Å². The summed E-state index contributed by atoms with van der Waals surface area (Å²) in [5.41, 5.74) is -6.08.